The molecule has 3 aromatic rings. The molecule has 1 aromatic carbocycles. The van der Waals surface area contributed by atoms with Gasteiger partial charge in [0, 0.05) is 23.2 Å². The number of rotatable bonds is 3. The summed E-state index contributed by atoms with van der Waals surface area (Å²) in [6, 6.07) is 4.45. The zero-order valence-electron chi connectivity index (χ0n) is 13.3. The van der Waals surface area contributed by atoms with Crippen LogP contribution in [0.1, 0.15) is 43.0 Å². The summed E-state index contributed by atoms with van der Waals surface area (Å²) in [7, 11) is 0. The van der Waals surface area contributed by atoms with Crippen LogP contribution in [-0.4, -0.2) is 9.97 Å². The Bertz CT molecular complexity index is 819. The largest absolute Gasteiger partial charge is 0.254 e. The van der Waals surface area contributed by atoms with Crippen LogP contribution in [-0.2, 0) is 19.3 Å². The molecule has 0 saturated heterocycles. The van der Waals surface area contributed by atoms with E-state index < -0.39 is 0 Å². The fourth-order valence-electron chi connectivity index (χ4n) is 3.27. The first-order valence-electron chi connectivity index (χ1n) is 7.88. The maximum absolute atomic E-state index is 4.72. The van der Waals surface area contributed by atoms with E-state index in [0.29, 0.717) is 0 Å². The molecule has 0 N–H and O–H groups in total. The lowest BCUT2D eigenvalue weighted by molar-refractivity contribution is 1.03. The van der Waals surface area contributed by atoms with Gasteiger partial charge in [-0.1, -0.05) is 32.9 Å². The Hall–Kier alpha value is -1.96. The first-order chi connectivity index (χ1) is 10.2. The molecule has 0 aliphatic heterocycles. The lowest BCUT2D eigenvalue weighted by atomic mass is 9.96. The van der Waals surface area contributed by atoms with Crippen LogP contribution in [0.4, 0.5) is 0 Å². The third kappa shape index (κ3) is 2.10. The molecule has 0 amide bonds. The van der Waals surface area contributed by atoms with Crippen LogP contribution in [0.15, 0.2) is 24.5 Å². The summed E-state index contributed by atoms with van der Waals surface area (Å²) in [6.07, 6.45) is 7.14. The van der Waals surface area contributed by atoms with Crippen molar-refractivity contribution in [2.45, 2.75) is 47.0 Å². The fourth-order valence-corrected chi connectivity index (χ4v) is 3.27. The normalized spacial score (nSPS) is 11.4. The number of aryl methyl sites for hydroxylation is 4. The quantitative estimate of drug-likeness (QED) is 0.644. The van der Waals surface area contributed by atoms with Crippen molar-refractivity contribution < 1.29 is 0 Å². The minimum absolute atomic E-state index is 1.02. The van der Waals surface area contributed by atoms with E-state index in [1.165, 1.54) is 33.0 Å². The molecule has 108 valence electrons. The van der Waals surface area contributed by atoms with E-state index in [4.69, 9.17) is 9.97 Å². The number of pyridine rings is 2. The minimum Gasteiger partial charge on any atom is -0.254 e. The highest BCUT2D eigenvalue weighted by atomic mass is 14.7. The van der Waals surface area contributed by atoms with Gasteiger partial charge in [-0.2, -0.15) is 0 Å². The van der Waals surface area contributed by atoms with Gasteiger partial charge in [-0.3, -0.25) is 9.97 Å². The topological polar surface area (TPSA) is 25.8 Å². The third-order valence-electron chi connectivity index (χ3n) is 4.56. The molecule has 0 unspecified atom stereocenters. The Morgan fingerprint density at radius 1 is 0.762 bits per heavy atom. The molecule has 0 radical (unpaired) electrons. The van der Waals surface area contributed by atoms with Gasteiger partial charge in [-0.15, -0.1) is 0 Å². The Labute approximate surface area is 126 Å². The monoisotopic (exact) mass is 278 g/mol. The van der Waals surface area contributed by atoms with Gasteiger partial charge in [-0.05, 0) is 48.4 Å². The number of hydrogen-bond donors (Lipinski definition) is 0. The smallest absolute Gasteiger partial charge is 0.0967 e. The summed E-state index contributed by atoms with van der Waals surface area (Å²) in [5.74, 6) is 0. The molecule has 3 rings (SSSR count). The van der Waals surface area contributed by atoms with Crippen LogP contribution in [0, 0.1) is 6.92 Å². The van der Waals surface area contributed by atoms with Gasteiger partial charge in [0.15, 0.2) is 0 Å². The van der Waals surface area contributed by atoms with E-state index in [9.17, 15) is 0 Å². The van der Waals surface area contributed by atoms with Crippen LogP contribution >= 0.6 is 0 Å². The first-order valence-corrected chi connectivity index (χ1v) is 7.88. The number of fused-ring (bicyclic) bond motifs is 3. The standard InChI is InChI=1S/C19H22N2/c1-5-13-10-20-18-16(12(13)4)8-9-17-15(7-3)14(6-2)11-21-19(17)18/h8-11H,5-7H2,1-4H3. The molecule has 0 atom stereocenters. The molecular weight excluding hydrogens is 256 g/mol. The molecule has 2 nitrogen and oxygen atoms in total. The van der Waals surface area contributed by atoms with Crippen molar-refractivity contribution in [1.82, 2.24) is 9.97 Å². The Kier molecular flexibility index (Phi) is 3.62. The molecule has 2 heteroatoms. The maximum atomic E-state index is 4.72. The summed E-state index contributed by atoms with van der Waals surface area (Å²) in [5.41, 5.74) is 7.52. The van der Waals surface area contributed by atoms with Crippen molar-refractivity contribution in [2.75, 3.05) is 0 Å². The van der Waals surface area contributed by atoms with E-state index in [1.807, 2.05) is 12.4 Å². The predicted molar refractivity (Wildman–Crippen MR) is 89.9 cm³/mol. The van der Waals surface area contributed by atoms with E-state index >= 15 is 0 Å². The lowest BCUT2D eigenvalue weighted by Gasteiger charge is -2.13. The zero-order valence-corrected chi connectivity index (χ0v) is 13.3. The maximum Gasteiger partial charge on any atom is 0.0967 e. The molecular formula is C19H22N2. The molecule has 2 aromatic heterocycles. The third-order valence-corrected chi connectivity index (χ3v) is 4.56. The van der Waals surface area contributed by atoms with Crippen LogP contribution in [0.3, 0.4) is 0 Å². The summed E-state index contributed by atoms with van der Waals surface area (Å²) in [6.45, 7) is 8.78. The highest BCUT2D eigenvalue weighted by Crippen LogP contribution is 2.29. The van der Waals surface area contributed by atoms with Crippen LogP contribution in [0.5, 0.6) is 0 Å². The predicted octanol–water partition coefficient (Wildman–Crippen LogP) is 4.78. The molecule has 0 fully saturated rings. The van der Waals surface area contributed by atoms with Crippen LogP contribution < -0.4 is 0 Å². The number of hydrogen-bond acceptors (Lipinski definition) is 2. The zero-order chi connectivity index (χ0) is 15.0. The molecule has 0 bridgehead atoms. The van der Waals surface area contributed by atoms with Gasteiger partial charge >= 0.3 is 0 Å². The van der Waals surface area contributed by atoms with Crippen molar-refractivity contribution >= 4 is 21.8 Å². The van der Waals surface area contributed by atoms with E-state index in [2.05, 4.69) is 39.8 Å². The molecule has 2 heterocycles. The molecule has 21 heavy (non-hydrogen) atoms. The second kappa shape index (κ2) is 5.44. The molecule has 0 saturated carbocycles. The summed E-state index contributed by atoms with van der Waals surface area (Å²) in [5, 5.41) is 2.50. The van der Waals surface area contributed by atoms with Gasteiger partial charge in [0.05, 0.1) is 11.0 Å². The second-order valence-electron chi connectivity index (χ2n) is 5.59. The van der Waals surface area contributed by atoms with Crippen molar-refractivity contribution in [2.24, 2.45) is 0 Å². The van der Waals surface area contributed by atoms with E-state index in [-0.39, 0.29) is 0 Å². The van der Waals surface area contributed by atoms with Crippen molar-refractivity contribution in [1.29, 1.82) is 0 Å². The van der Waals surface area contributed by atoms with E-state index in [0.717, 1.165) is 30.3 Å². The number of nitrogens with zero attached hydrogens (tertiary/aromatic N) is 2. The van der Waals surface area contributed by atoms with Crippen molar-refractivity contribution in [3.63, 3.8) is 0 Å². The number of benzene rings is 1. The number of aromatic nitrogens is 2. The van der Waals surface area contributed by atoms with Gasteiger partial charge in [0.1, 0.15) is 0 Å². The second-order valence-corrected chi connectivity index (χ2v) is 5.59. The fraction of sp³-hybridized carbons (Fsp3) is 0.368. The van der Waals surface area contributed by atoms with Gasteiger partial charge in [-0.25, -0.2) is 0 Å². The van der Waals surface area contributed by atoms with Crippen molar-refractivity contribution in [3.05, 3.63) is 46.8 Å². The highest BCUT2D eigenvalue weighted by Gasteiger charge is 2.12. The van der Waals surface area contributed by atoms with Gasteiger partial charge in [0.2, 0.25) is 0 Å². The lowest BCUT2D eigenvalue weighted by Crippen LogP contribution is -1.98. The average molecular weight is 278 g/mol. The Morgan fingerprint density at radius 2 is 1.33 bits per heavy atom. The molecule has 0 aliphatic rings. The summed E-state index contributed by atoms with van der Waals surface area (Å²) >= 11 is 0. The Morgan fingerprint density at radius 3 is 1.95 bits per heavy atom. The average Bonchev–Trinajstić information content (AvgIpc) is 2.53. The molecule has 0 spiro atoms. The SMILES string of the molecule is CCc1cnc2c(ccc3c(CC)c(CC)cnc32)c1C. The van der Waals surface area contributed by atoms with E-state index in [1.54, 1.807) is 0 Å². The van der Waals surface area contributed by atoms with Crippen LogP contribution in [0.25, 0.3) is 21.8 Å². The first kappa shape index (κ1) is 14.0. The Balaban J connectivity index is 2.42. The minimum atomic E-state index is 1.02. The molecule has 0 aliphatic carbocycles. The van der Waals surface area contributed by atoms with Gasteiger partial charge < -0.3 is 0 Å². The summed E-state index contributed by atoms with van der Waals surface area (Å²) in [4.78, 5) is 9.43. The van der Waals surface area contributed by atoms with Gasteiger partial charge in [0.25, 0.3) is 0 Å². The van der Waals surface area contributed by atoms with Crippen molar-refractivity contribution in [3.8, 4) is 0 Å². The van der Waals surface area contributed by atoms with Crippen LogP contribution in [0.2, 0.25) is 0 Å². The summed E-state index contributed by atoms with van der Waals surface area (Å²) < 4.78 is 0. The highest BCUT2D eigenvalue weighted by molar-refractivity contribution is 6.05.